The number of nitrogens with one attached hydrogen (secondary N) is 1. The summed E-state index contributed by atoms with van der Waals surface area (Å²) in [4.78, 5) is 22.2. The number of hydrogen-bond donors (Lipinski definition) is 1. The Labute approximate surface area is 122 Å². The molecule has 0 aliphatic carbocycles. The molecule has 114 valence electrons. The summed E-state index contributed by atoms with van der Waals surface area (Å²) in [7, 11) is 1.27. The Kier molecular flexibility index (Phi) is 4.13. The number of methoxy groups -OCH3 is 1. The molecule has 1 unspecified atom stereocenters. The number of hydrogen-bond acceptors (Lipinski definition) is 6. The Balaban J connectivity index is 2.35. The number of carbonyl (C=O) groups is 1. The van der Waals surface area contributed by atoms with Gasteiger partial charge in [0.15, 0.2) is 0 Å². The molecule has 1 aromatic rings. The minimum atomic E-state index is -0.533. The molecule has 0 radical (unpaired) electrons. The van der Waals surface area contributed by atoms with Gasteiger partial charge in [-0.05, 0) is 12.1 Å². The predicted molar refractivity (Wildman–Crippen MR) is 76.4 cm³/mol. The Bertz CT molecular complexity index is 570. The Morgan fingerprint density at radius 3 is 2.76 bits per heavy atom. The molecule has 1 saturated heterocycles. The SMILES string of the molecule is COC(=O)c1ccc([N+](=O)[O-])c(NC2COCC2(C)C)c1. The highest BCUT2D eigenvalue weighted by Gasteiger charge is 2.36. The van der Waals surface area contributed by atoms with Crippen molar-refractivity contribution in [2.75, 3.05) is 25.6 Å². The van der Waals surface area contributed by atoms with Gasteiger partial charge in [0.25, 0.3) is 5.69 Å². The Morgan fingerprint density at radius 1 is 1.52 bits per heavy atom. The molecular formula is C14H18N2O5. The second-order valence-corrected chi connectivity index (χ2v) is 5.68. The monoisotopic (exact) mass is 294 g/mol. The fourth-order valence-electron chi connectivity index (χ4n) is 2.25. The van der Waals surface area contributed by atoms with Crippen LogP contribution in [0, 0.1) is 15.5 Å². The van der Waals surface area contributed by atoms with Gasteiger partial charge in [0.1, 0.15) is 5.69 Å². The van der Waals surface area contributed by atoms with Crippen LogP contribution in [-0.4, -0.2) is 37.3 Å². The third-order valence-corrected chi connectivity index (χ3v) is 3.65. The fourth-order valence-corrected chi connectivity index (χ4v) is 2.25. The fraction of sp³-hybridized carbons (Fsp3) is 0.500. The molecule has 7 nitrogen and oxygen atoms in total. The van der Waals surface area contributed by atoms with Crippen LogP contribution in [-0.2, 0) is 9.47 Å². The second-order valence-electron chi connectivity index (χ2n) is 5.68. The number of nitro groups is 1. The van der Waals surface area contributed by atoms with E-state index in [1.165, 1.54) is 25.3 Å². The molecule has 1 N–H and O–H groups in total. The zero-order valence-electron chi connectivity index (χ0n) is 12.2. The second kappa shape index (κ2) is 5.69. The van der Waals surface area contributed by atoms with E-state index in [1.807, 2.05) is 13.8 Å². The van der Waals surface area contributed by atoms with Gasteiger partial charge in [0.2, 0.25) is 0 Å². The molecule has 0 amide bonds. The average Bonchev–Trinajstić information content (AvgIpc) is 2.76. The van der Waals surface area contributed by atoms with Crippen LogP contribution in [0.15, 0.2) is 18.2 Å². The molecule has 1 fully saturated rings. The maximum atomic E-state index is 11.6. The smallest absolute Gasteiger partial charge is 0.337 e. The van der Waals surface area contributed by atoms with Gasteiger partial charge >= 0.3 is 5.97 Å². The highest BCUT2D eigenvalue weighted by Crippen LogP contribution is 2.33. The van der Waals surface area contributed by atoms with Crippen molar-refractivity contribution in [3.63, 3.8) is 0 Å². The number of carbonyl (C=O) groups excluding carboxylic acids is 1. The van der Waals surface area contributed by atoms with E-state index in [9.17, 15) is 14.9 Å². The minimum Gasteiger partial charge on any atom is -0.465 e. The van der Waals surface area contributed by atoms with Gasteiger partial charge in [-0.3, -0.25) is 10.1 Å². The normalized spacial score (nSPS) is 20.0. The molecule has 2 rings (SSSR count). The van der Waals surface area contributed by atoms with E-state index in [4.69, 9.17) is 4.74 Å². The lowest BCUT2D eigenvalue weighted by Gasteiger charge is -2.26. The lowest BCUT2D eigenvalue weighted by atomic mass is 9.87. The molecule has 0 spiro atoms. The summed E-state index contributed by atoms with van der Waals surface area (Å²) < 4.78 is 10.1. The van der Waals surface area contributed by atoms with Gasteiger partial charge in [-0.1, -0.05) is 13.8 Å². The molecule has 1 atom stereocenters. The van der Waals surface area contributed by atoms with Crippen LogP contribution in [0.4, 0.5) is 11.4 Å². The first-order chi connectivity index (χ1) is 9.85. The van der Waals surface area contributed by atoms with E-state index < -0.39 is 10.9 Å². The number of anilines is 1. The lowest BCUT2D eigenvalue weighted by molar-refractivity contribution is -0.384. The number of benzene rings is 1. The van der Waals surface area contributed by atoms with Crippen molar-refractivity contribution in [2.24, 2.45) is 5.41 Å². The van der Waals surface area contributed by atoms with E-state index in [1.54, 1.807) is 0 Å². The van der Waals surface area contributed by atoms with Crippen molar-refractivity contribution in [1.29, 1.82) is 0 Å². The van der Waals surface area contributed by atoms with Crippen LogP contribution in [0.3, 0.4) is 0 Å². The van der Waals surface area contributed by atoms with Crippen LogP contribution in [0.5, 0.6) is 0 Å². The van der Waals surface area contributed by atoms with Gasteiger partial charge in [-0.25, -0.2) is 4.79 Å². The summed E-state index contributed by atoms with van der Waals surface area (Å²) in [6.45, 7) is 5.09. The number of nitrogens with zero attached hydrogens (tertiary/aromatic N) is 1. The van der Waals surface area contributed by atoms with Crippen molar-refractivity contribution in [3.8, 4) is 0 Å². The van der Waals surface area contributed by atoms with Gasteiger partial charge in [-0.15, -0.1) is 0 Å². The molecule has 0 bridgehead atoms. The van der Waals surface area contributed by atoms with E-state index in [0.717, 1.165) is 0 Å². The van der Waals surface area contributed by atoms with E-state index in [-0.39, 0.29) is 22.7 Å². The number of esters is 1. The maximum Gasteiger partial charge on any atom is 0.337 e. The third-order valence-electron chi connectivity index (χ3n) is 3.65. The summed E-state index contributed by atoms with van der Waals surface area (Å²) in [6.07, 6.45) is 0. The first-order valence-electron chi connectivity index (χ1n) is 6.56. The minimum absolute atomic E-state index is 0.0657. The first-order valence-corrected chi connectivity index (χ1v) is 6.56. The van der Waals surface area contributed by atoms with Crippen molar-refractivity contribution >= 4 is 17.3 Å². The first kappa shape index (κ1) is 15.2. The van der Waals surface area contributed by atoms with Gasteiger partial charge < -0.3 is 14.8 Å². The predicted octanol–water partition coefficient (Wildman–Crippen LogP) is 2.22. The lowest BCUT2D eigenvalue weighted by Crippen LogP contribution is -2.34. The number of rotatable bonds is 4. The highest BCUT2D eigenvalue weighted by atomic mass is 16.6. The van der Waals surface area contributed by atoms with Gasteiger partial charge in [0.05, 0.1) is 36.9 Å². The van der Waals surface area contributed by atoms with Crippen LogP contribution in [0.25, 0.3) is 0 Å². The molecule has 1 aliphatic rings. The molecule has 1 heterocycles. The number of nitro benzene ring substituents is 1. The quantitative estimate of drug-likeness (QED) is 0.520. The zero-order valence-corrected chi connectivity index (χ0v) is 12.2. The van der Waals surface area contributed by atoms with Crippen LogP contribution in [0.1, 0.15) is 24.2 Å². The van der Waals surface area contributed by atoms with E-state index >= 15 is 0 Å². The van der Waals surface area contributed by atoms with Gasteiger partial charge in [-0.2, -0.15) is 0 Å². The van der Waals surface area contributed by atoms with Crippen molar-refractivity contribution in [3.05, 3.63) is 33.9 Å². The van der Waals surface area contributed by atoms with Crippen LogP contribution < -0.4 is 5.32 Å². The standard InChI is InChI=1S/C14H18N2O5/c1-14(2)8-21-7-12(14)15-10-6-9(13(17)20-3)4-5-11(10)16(18)19/h4-6,12,15H,7-8H2,1-3H3. The van der Waals surface area contributed by atoms with Crippen molar-refractivity contribution in [1.82, 2.24) is 0 Å². The van der Waals surface area contributed by atoms with E-state index in [0.29, 0.717) is 18.9 Å². The number of ether oxygens (including phenoxy) is 2. The summed E-state index contributed by atoms with van der Waals surface area (Å²) in [5.74, 6) is -0.533. The largest absolute Gasteiger partial charge is 0.465 e. The Morgan fingerprint density at radius 2 is 2.24 bits per heavy atom. The molecule has 1 aromatic carbocycles. The topological polar surface area (TPSA) is 90.7 Å². The van der Waals surface area contributed by atoms with E-state index in [2.05, 4.69) is 10.1 Å². The average molecular weight is 294 g/mol. The van der Waals surface area contributed by atoms with Gasteiger partial charge in [0, 0.05) is 11.5 Å². The molecule has 0 saturated carbocycles. The summed E-state index contributed by atoms with van der Waals surface area (Å²) >= 11 is 0. The molecular weight excluding hydrogens is 276 g/mol. The summed E-state index contributed by atoms with van der Waals surface area (Å²) in [5, 5.41) is 14.3. The summed E-state index contributed by atoms with van der Waals surface area (Å²) in [5.41, 5.74) is 0.342. The molecule has 21 heavy (non-hydrogen) atoms. The zero-order chi connectivity index (χ0) is 15.6. The van der Waals surface area contributed by atoms with Crippen molar-refractivity contribution in [2.45, 2.75) is 19.9 Å². The van der Waals surface area contributed by atoms with Crippen LogP contribution >= 0.6 is 0 Å². The van der Waals surface area contributed by atoms with Crippen LogP contribution in [0.2, 0.25) is 0 Å². The molecule has 7 heteroatoms. The Hall–Kier alpha value is -2.15. The molecule has 0 aromatic heterocycles. The van der Waals surface area contributed by atoms with Crippen molar-refractivity contribution < 1.29 is 19.2 Å². The summed E-state index contributed by atoms with van der Waals surface area (Å²) in [6, 6.07) is 4.06. The highest BCUT2D eigenvalue weighted by molar-refractivity contribution is 5.91. The maximum absolute atomic E-state index is 11.6. The third kappa shape index (κ3) is 3.13. The molecule has 1 aliphatic heterocycles.